The van der Waals surface area contributed by atoms with Crippen LogP contribution in [-0.4, -0.2) is 38.0 Å². The fraction of sp³-hybridized carbons (Fsp3) is 0.929. The summed E-state index contributed by atoms with van der Waals surface area (Å²) in [5.41, 5.74) is 5.54. The van der Waals surface area contributed by atoms with Crippen LogP contribution in [0, 0.1) is 5.92 Å². The van der Waals surface area contributed by atoms with E-state index in [0.717, 1.165) is 12.8 Å². The molecule has 0 radical (unpaired) electrons. The second-order valence-corrected chi connectivity index (χ2v) is 5.73. The Morgan fingerprint density at radius 2 is 2.11 bits per heavy atom. The fourth-order valence-corrected chi connectivity index (χ4v) is 3.24. The normalized spacial score (nSPS) is 30.4. The highest BCUT2D eigenvalue weighted by Crippen LogP contribution is 2.28. The summed E-state index contributed by atoms with van der Waals surface area (Å²) >= 11 is 0. The molecular weight excluding hydrogens is 244 g/mol. The molecule has 19 heavy (non-hydrogen) atoms. The van der Waals surface area contributed by atoms with Crippen molar-refractivity contribution in [1.29, 1.82) is 0 Å². The minimum atomic E-state index is -0.257. The van der Waals surface area contributed by atoms with Crippen LogP contribution < -0.4 is 11.1 Å². The van der Waals surface area contributed by atoms with Crippen LogP contribution in [0.25, 0.3) is 0 Å². The number of primary amides is 1. The average Bonchev–Trinajstić information content (AvgIpc) is 2.86. The van der Waals surface area contributed by atoms with Gasteiger partial charge in [0.25, 0.3) is 0 Å². The quantitative estimate of drug-likeness (QED) is 0.759. The number of rotatable bonds is 6. The Bertz CT molecular complexity index is 292. The predicted octanol–water partition coefficient (Wildman–Crippen LogP) is 1.16. The Hall–Kier alpha value is -0.650. The minimum Gasteiger partial charge on any atom is -0.368 e. The SMILES string of the molecule is COC1OCC[C@@H]1N[C@@H](CC1CCCCC1)C(N)=O. The number of hydrogen-bond acceptors (Lipinski definition) is 4. The molecule has 0 aromatic heterocycles. The van der Waals surface area contributed by atoms with Gasteiger partial charge in [0.1, 0.15) is 0 Å². The Balaban J connectivity index is 1.86. The van der Waals surface area contributed by atoms with Gasteiger partial charge in [0.15, 0.2) is 6.29 Å². The number of hydrogen-bond donors (Lipinski definition) is 2. The number of ether oxygens (including phenoxy) is 2. The highest BCUT2D eigenvalue weighted by Gasteiger charge is 2.32. The Morgan fingerprint density at radius 1 is 1.37 bits per heavy atom. The first-order chi connectivity index (χ1) is 9.20. The van der Waals surface area contributed by atoms with E-state index in [2.05, 4.69) is 5.32 Å². The molecule has 2 aliphatic rings. The molecule has 1 saturated carbocycles. The van der Waals surface area contributed by atoms with Gasteiger partial charge in [-0.15, -0.1) is 0 Å². The molecular formula is C14H26N2O3. The van der Waals surface area contributed by atoms with Crippen molar-refractivity contribution in [3.63, 3.8) is 0 Å². The summed E-state index contributed by atoms with van der Waals surface area (Å²) in [4.78, 5) is 11.6. The molecule has 1 unspecified atom stereocenters. The van der Waals surface area contributed by atoms with Gasteiger partial charge in [0.2, 0.25) is 5.91 Å². The molecule has 1 aliphatic carbocycles. The highest BCUT2D eigenvalue weighted by atomic mass is 16.7. The van der Waals surface area contributed by atoms with Crippen molar-refractivity contribution in [3.05, 3.63) is 0 Å². The lowest BCUT2D eigenvalue weighted by Crippen LogP contribution is -2.50. The molecule has 2 rings (SSSR count). The third-order valence-electron chi connectivity index (χ3n) is 4.32. The molecule has 1 aliphatic heterocycles. The van der Waals surface area contributed by atoms with Gasteiger partial charge in [-0.3, -0.25) is 10.1 Å². The number of carbonyl (C=O) groups is 1. The zero-order valence-corrected chi connectivity index (χ0v) is 11.8. The van der Waals surface area contributed by atoms with Gasteiger partial charge in [0.05, 0.1) is 18.7 Å². The maximum Gasteiger partial charge on any atom is 0.234 e. The van der Waals surface area contributed by atoms with E-state index in [1.165, 1.54) is 32.1 Å². The van der Waals surface area contributed by atoms with Crippen LogP contribution in [0.2, 0.25) is 0 Å². The summed E-state index contributed by atoms with van der Waals surface area (Å²) in [5, 5.41) is 3.34. The lowest BCUT2D eigenvalue weighted by Gasteiger charge is -2.28. The lowest BCUT2D eigenvalue weighted by molar-refractivity contribution is -0.123. The van der Waals surface area contributed by atoms with Crippen molar-refractivity contribution in [2.45, 2.75) is 63.3 Å². The molecule has 3 N–H and O–H groups in total. The van der Waals surface area contributed by atoms with Crippen LogP contribution in [0.15, 0.2) is 0 Å². The summed E-state index contributed by atoms with van der Waals surface area (Å²) < 4.78 is 10.7. The molecule has 2 fully saturated rings. The van der Waals surface area contributed by atoms with Crippen LogP contribution in [0.1, 0.15) is 44.9 Å². The number of nitrogens with one attached hydrogen (secondary N) is 1. The van der Waals surface area contributed by atoms with Crippen molar-refractivity contribution in [2.75, 3.05) is 13.7 Å². The van der Waals surface area contributed by atoms with E-state index in [0.29, 0.717) is 12.5 Å². The van der Waals surface area contributed by atoms with E-state index in [1.54, 1.807) is 7.11 Å². The Labute approximate surface area is 115 Å². The molecule has 3 atom stereocenters. The molecule has 0 aromatic rings. The van der Waals surface area contributed by atoms with Crippen molar-refractivity contribution in [3.8, 4) is 0 Å². The highest BCUT2D eigenvalue weighted by molar-refractivity contribution is 5.79. The van der Waals surface area contributed by atoms with Gasteiger partial charge in [-0.25, -0.2) is 0 Å². The van der Waals surface area contributed by atoms with Gasteiger partial charge < -0.3 is 15.2 Å². The fourth-order valence-electron chi connectivity index (χ4n) is 3.24. The second-order valence-electron chi connectivity index (χ2n) is 5.73. The van der Waals surface area contributed by atoms with Gasteiger partial charge in [0, 0.05) is 7.11 Å². The summed E-state index contributed by atoms with van der Waals surface area (Å²) in [6, 6.07) is -0.182. The molecule has 0 aromatic carbocycles. The van der Waals surface area contributed by atoms with Crippen molar-refractivity contribution < 1.29 is 14.3 Å². The first kappa shape index (κ1) is 14.8. The topological polar surface area (TPSA) is 73.6 Å². The molecule has 110 valence electrons. The molecule has 5 nitrogen and oxygen atoms in total. The van der Waals surface area contributed by atoms with E-state index in [1.807, 2.05) is 0 Å². The standard InChI is InChI=1S/C14H26N2O3/c1-18-14-11(7-8-19-14)16-12(13(15)17)9-10-5-3-2-4-6-10/h10-12,14,16H,2-9H2,1H3,(H2,15,17)/t11-,12-,14?/m0/s1. The van der Waals surface area contributed by atoms with E-state index in [-0.39, 0.29) is 24.3 Å². The zero-order valence-electron chi connectivity index (χ0n) is 11.8. The van der Waals surface area contributed by atoms with Crippen molar-refractivity contribution in [1.82, 2.24) is 5.32 Å². The van der Waals surface area contributed by atoms with Crippen LogP contribution in [0.5, 0.6) is 0 Å². The summed E-state index contributed by atoms with van der Waals surface area (Å²) in [6.07, 6.45) is 7.80. The summed E-state index contributed by atoms with van der Waals surface area (Å²) in [7, 11) is 1.63. The largest absolute Gasteiger partial charge is 0.368 e. The number of nitrogens with two attached hydrogens (primary N) is 1. The molecule has 0 bridgehead atoms. The van der Waals surface area contributed by atoms with E-state index in [9.17, 15) is 4.79 Å². The number of amides is 1. The maximum absolute atomic E-state index is 11.6. The minimum absolute atomic E-state index is 0.0751. The van der Waals surface area contributed by atoms with Gasteiger partial charge >= 0.3 is 0 Å². The smallest absolute Gasteiger partial charge is 0.234 e. The maximum atomic E-state index is 11.6. The van der Waals surface area contributed by atoms with Gasteiger partial charge in [-0.1, -0.05) is 32.1 Å². The average molecular weight is 270 g/mol. The third kappa shape index (κ3) is 4.16. The molecule has 5 heteroatoms. The predicted molar refractivity (Wildman–Crippen MR) is 72.5 cm³/mol. The number of methoxy groups -OCH3 is 1. The molecule has 0 spiro atoms. The molecule has 1 amide bonds. The van der Waals surface area contributed by atoms with E-state index < -0.39 is 0 Å². The lowest BCUT2D eigenvalue weighted by atomic mass is 9.84. The first-order valence-corrected chi connectivity index (χ1v) is 7.40. The van der Waals surface area contributed by atoms with Gasteiger partial charge in [-0.2, -0.15) is 0 Å². The second kappa shape index (κ2) is 7.22. The molecule has 1 heterocycles. The molecule has 1 saturated heterocycles. The van der Waals surface area contributed by atoms with Crippen molar-refractivity contribution in [2.24, 2.45) is 11.7 Å². The zero-order chi connectivity index (χ0) is 13.7. The van der Waals surface area contributed by atoms with Crippen LogP contribution in [0.3, 0.4) is 0 Å². The van der Waals surface area contributed by atoms with Crippen molar-refractivity contribution >= 4 is 5.91 Å². The monoisotopic (exact) mass is 270 g/mol. The van der Waals surface area contributed by atoms with Crippen LogP contribution >= 0.6 is 0 Å². The summed E-state index contributed by atoms with van der Waals surface area (Å²) in [5.74, 6) is 0.370. The number of carbonyl (C=O) groups excluding carboxylic acids is 1. The summed E-state index contributed by atoms with van der Waals surface area (Å²) in [6.45, 7) is 0.672. The first-order valence-electron chi connectivity index (χ1n) is 7.40. The van der Waals surface area contributed by atoms with E-state index in [4.69, 9.17) is 15.2 Å². The van der Waals surface area contributed by atoms with E-state index >= 15 is 0 Å². The Morgan fingerprint density at radius 3 is 2.74 bits per heavy atom. The van der Waals surface area contributed by atoms with Crippen LogP contribution in [-0.2, 0) is 14.3 Å². The third-order valence-corrected chi connectivity index (χ3v) is 4.32. The van der Waals surface area contributed by atoms with Crippen LogP contribution in [0.4, 0.5) is 0 Å². The van der Waals surface area contributed by atoms with Gasteiger partial charge in [-0.05, 0) is 18.8 Å². The Kier molecular flexibility index (Phi) is 5.60.